The molecule has 0 aliphatic rings. The summed E-state index contributed by atoms with van der Waals surface area (Å²) >= 11 is 3.70. The van der Waals surface area contributed by atoms with Crippen LogP contribution in [-0.2, 0) is 12.6 Å². The smallest absolute Gasteiger partial charge is 0.696 e. The summed E-state index contributed by atoms with van der Waals surface area (Å²) in [6, 6.07) is 0. The van der Waals surface area contributed by atoms with Crippen molar-refractivity contribution in [1.29, 1.82) is 5.26 Å². The SMILES string of the molecule is N.N#C[S-].[Na+]. The van der Waals surface area contributed by atoms with Crippen LogP contribution in [0.25, 0.3) is 0 Å². The molecule has 0 rings (SSSR count). The third kappa shape index (κ3) is 74.2. The zero-order valence-electron chi connectivity index (χ0n) is 3.06. The molecule has 2 nitrogen and oxygen atoms in total. The number of rotatable bonds is 0. The summed E-state index contributed by atoms with van der Waals surface area (Å²) in [6.45, 7) is 0. The van der Waals surface area contributed by atoms with Gasteiger partial charge < -0.3 is 18.8 Å². The van der Waals surface area contributed by atoms with E-state index in [1.165, 1.54) is 5.40 Å². The van der Waals surface area contributed by atoms with Crippen molar-refractivity contribution in [2.45, 2.75) is 0 Å². The monoisotopic (exact) mass is 98.0 g/mol. The third-order valence-corrected chi connectivity index (χ3v) is 0. The van der Waals surface area contributed by atoms with Gasteiger partial charge in [0.25, 0.3) is 0 Å². The summed E-state index contributed by atoms with van der Waals surface area (Å²) in [4.78, 5) is 0. The molecule has 0 unspecified atom stereocenters. The Hall–Kier alpha value is 0.670. The molecule has 0 bridgehead atoms. The van der Waals surface area contributed by atoms with Crippen LogP contribution in [0, 0.1) is 10.7 Å². The van der Waals surface area contributed by atoms with Crippen LogP contribution in [0.4, 0.5) is 0 Å². The van der Waals surface area contributed by atoms with Gasteiger partial charge >= 0.3 is 29.6 Å². The Morgan fingerprint density at radius 1 is 1.60 bits per heavy atom. The number of thiocyanates is 1. The minimum Gasteiger partial charge on any atom is -0.696 e. The molecule has 0 heterocycles. The normalized spacial score (nSPS) is 1.40. The third-order valence-electron chi connectivity index (χ3n) is 0. The molecule has 5 heavy (non-hydrogen) atoms. The fraction of sp³-hybridized carbons (Fsp3) is 0. The Labute approximate surface area is 58.8 Å². The summed E-state index contributed by atoms with van der Waals surface area (Å²) in [5.74, 6) is 0. The van der Waals surface area contributed by atoms with Crippen molar-refractivity contribution in [3.8, 4) is 5.40 Å². The van der Waals surface area contributed by atoms with Gasteiger partial charge in [-0.15, -0.1) is 0 Å². The van der Waals surface area contributed by atoms with Crippen LogP contribution in [0.5, 0.6) is 0 Å². The summed E-state index contributed by atoms with van der Waals surface area (Å²) in [5.41, 5.74) is 0. The molecule has 0 aromatic carbocycles. The van der Waals surface area contributed by atoms with Gasteiger partial charge in [-0.2, -0.15) is 0 Å². The van der Waals surface area contributed by atoms with Crippen molar-refractivity contribution in [2.24, 2.45) is 0 Å². The van der Waals surface area contributed by atoms with Gasteiger partial charge in [0.2, 0.25) is 0 Å². The van der Waals surface area contributed by atoms with Crippen molar-refractivity contribution in [3.63, 3.8) is 0 Å². The van der Waals surface area contributed by atoms with E-state index in [0.717, 1.165) is 0 Å². The molecule has 0 amide bonds. The first-order valence-electron chi connectivity index (χ1n) is 0.428. The predicted molar refractivity (Wildman–Crippen MR) is 18.0 cm³/mol. The maximum atomic E-state index is 7.13. The molecule has 3 N–H and O–H groups in total. The van der Waals surface area contributed by atoms with Crippen LogP contribution in [0.3, 0.4) is 0 Å². The van der Waals surface area contributed by atoms with Crippen molar-refractivity contribution >= 4 is 12.6 Å². The van der Waals surface area contributed by atoms with Crippen molar-refractivity contribution < 1.29 is 29.6 Å². The molecule has 0 aliphatic carbocycles. The molecule has 4 heteroatoms. The molecule has 0 spiro atoms. The molecule has 0 aliphatic heterocycles. The van der Waals surface area contributed by atoms with E-state index in [2.05, 4.69) is 12.6 Å². The summed E-state index contributed by atoms with van der Waals surface area (Å²) in [5, 5.41) is 8.47. The van der Waals surface area contributed by atoms with E-state index in [1.807, 2.05) is 0 Å². The molecule has 0 aromatic rings. The topological polar surface area (TPSA) is 58.8 Å². The van der Waals surface area contributed by atoms with Crippen LogP contribution in [0.2, 0.25) is 0 Å². The van der Waals surface area contributed by atoms with E-state index in [1.54, 1.807) is 0 Å². The van der Waals surface area contributed by atoms with Crippen LogP contribution in [0.1, 0.15) is 0 Å². The summed E-state index contributed by atoms with van der Waals surface area (Å²) in [6.07, 6.45) is 0. The average Bonchev–Trinajstić information content (AvgIpc) is 0.918. The first kappa shape index (κ1) is 17.3. The van der Waals surface area contributed by atoms with E-state index in [0.29, 0.717) is 0 Å². The number of nitrogens with zero attached hydrogens (tertiary/aromatic N) is 1. The Balaban J connectivity index is -0.0000000200. The Morgan fingerprint density at radius 2 is 1.60 bits per heavy atom. The molecule has 24 valence electrons. The van der Waals surface area contributed by atoms with Gasteiger partial charge in [-0.25, -0.2) is 5.26 Å². The number of nitriles is 1. The largest absolute Gasteiger partial charge is 1.00 e. The van der Waals surface area contributed by atoms with Gasteiger partial charge in [0.1, 0.15) is 0 Å². The minimum atomic E-state index is 0. The van der Waals surface area contributed by atoms with Crippen LogP contribution in [0.15, 0.2) is 0 Å². The van der Waals surface area contributed by atoms with Crippen LogP contribution < -0.4 is 35.7 Å². The standard InChI is InChI=1S/CHNS.H3N.Na/c2-1-3;;/h3H;1H3;/q;;+1/p-1. The number of hydrogen-bond acceptors (Lipinski definition) is 3. The fourth-order valence-corrected chi connectivity index (χ4v) is 0. The zero-order valence-corrected chi connectivity index (χ0v) is 5.88. The van der Waals surface area contributed by atoms with Crippen molar-refractivity contribution in [2.75, 3.05) is 0 Å². The van der Waals surface area contributed by atoms with Gasteiger partial charge in [0, 0.05) is 0 Å². The second kappa shape index (κ2) is 22.6. The van der Waals surface area contributed by atoms with Gasteiger partial charge in [-0.1, -0.05) is 5.40 Å². The maximum Gasteiger partial charge on any atom is 1.00 e. The van der Waals surface area contributed by atoms with Crippen molar-refractivity contribution in [1.82, 2.24) is 6.15 Å². The first-order chi connectivity index (χ1) is 1.41. The molecular weight excluding hydrogens is 95.1 g/mol. The van der Waals surface area contributed by atoms with Crippen LogP contribution >= 0.6 is 0 Å². The van der Waals surface area contributed by atoms with E-state index >= 15 is 0 Å². The second-order valence-corrected chi connectivity index (χ2v) is 0.274. The predicted octanol–water partition coefficient (Wildman–Crippen LogP) is -2.82. The Morgan fingerprint density at radius 3 is 1.60 bits per heavy atom. The summed E-state index contributed by atoms with van der Waals surface area (Å²) in [7, 11) is 0. The van der Waals surface area contributed by atoms with E-state index in [4.69, 9.17) is 5.26 Å². The van der Waals surface area contributed by atoms with E-state index in [-0.39, 0.29) is 35.7 Å². The summed E-state index contributed by atoms with van der Waals surface area (Å²) < 4.78 is 0. The molecule has 0 fully saturated rings. The van der Waals surface area contributed by atoms with Crippen molar-refractivity contribution in [3.05, 3.63) is 0 Å². The van der Waals surface area contributed by atoms with E-state index < -0.39 is 0 Å². The average molecular weight is 98.1 g/mol. The van der Waals surface area contributed by atoms with Gasteiger partial charge in [-0.3, -0.25) is 0 Å². The van der Waals surface area contributed by atoms with Gasteiger partial charge in [0.15, 0.2) is 0 Å². The Bertz CT molecular complexity index is 31.1. The first-order valence-corrected chi connectivity index (χ1v) is 0.836. The van der Waals surface area contributed by atoms with Crippen LogP contribution in [-0.4, -0.2) is 0 Å². The molecular formula is CH3N2NaS. The molecule has 0 saturated heterocycles. The minimum absolute atomic E-state index is 0. The number of hydrogen-bond donors (Lipinski definition) is 1. The quantitative estimate of drug-likeness (QED) is 0.202. The maximum absolute atomic E-state index is 7.13. The molecule has 0 aromatic heterocycles. The molecule has 0 radical (unpaired) electrons. The van der Waals surface area contributed by atoms with E-state index in [9.17, 15) is 0 Å². The Kier molecular flexibility index (Phi) is 78.2. The molecule has 0 atom stereocenters. The fourth-order valence-electron chi connectivity index (χ4n) is 0. The van der Waals surface area contributed by atoms with Gasteiger partial charge in [0.05, 0.1) is 0 Å². The zero-order chi connectivity index (χ0) is 2.71. The molecule has 0 saturated carbocycles. The second-order valence-electron chi connectivity index (χ2n) is 0.0913. The van der Waals surface area contributed by atoms with Gasteiger partial charge in [-0.05, 0) is 0 Å².